The summed E-state index contributed by atoms with van der Waals surface area (Å²) >= 11 is 7.69. The van der Waals surface area contributed by atoms with E-state index < -0.39 is 0 Å². The Morgan fingerprint density at radius 2 is 1.17 bits per heavy atom. The third-order valence-corrected chi connectivity index (χ3v) is 0.900. The molecule has 2 nitrogen and oxygen atoms in total. The van der Waals surface area contributed by atoms with Crippen molar-refractivity contribution in [3.63, 3.8) is 0 Å². The van der Waals surface area contributed by atoms with E-state index in [1.54, 1.807) is 0 Å². The third kappa shape index (κ3) is 23.1. The van der Waals surface area contributed by atoms with Gasteiger partial charge in [0, 0.05) is 0 Å². The van der Waals surface area contributed by atoms with Gasteiger partial charge in [-0.3, -0.25) is 11.7 Å². The lowest BCUT2D eigenvalue weighted by Gasteiger charge is -1.67. The lowest BCUT2D eigenvalue weighted by Crippen LogP contribution is -2.02. The maximum absolute atomic E-state index is 4.00. The summed E-state index contributed by atoms with van der Waals surface area (Å²) in [6, 6.07) is 0. The molecule has 0 saturated carbocycles. The second-order valence-electron chi connectivity index (χ2n) is 0.447. The zero-order chi connectivity index (χ0) is 5.41. The molecule has 0 radical (unpaired) electrons. The maximum Gasteiger partial charge on any atom is -0.000932 e. The van der Waals surface area contributed by atoms with Crippen molar-refractivity contribution >= 4 is 25.3 Å². The van der Waals surface area contributed by atoms with Crippen molar-refractivity contribution in [1.29, 1.82) is 0 Å². The molecule has 0 bridgehead atoms. The van der Waals surface area contributed by atoms with Crippen LogP contribution in [-0.2, 0) is 0 Å². The fourth-order valence-corrected chi connectivity index (χ4v) is 0. The van der Waals surface area contributed by atoms with Crippen molar-refractivity contribution in [3.05, 3.63) is 0 Å². The minimum absolute atomic E-state index is 0.878. The molecule has 0 unspecified atom stereocenters. The normalized spacial score (nSPS) is 6.00. The van der Waals surface area contributed by atoms with Crippen LogP contribution in [0.4, 0.5) is 0 Å². The Morgan fingerprint density at radius 3 is 1.17 bits per heavy atom. The molecular weight excluding hydrogens is 116 g/mol. The first-order chi connectivity index (χ1) is 2.91. The SMILES string of the molecule is NN.SCCS. The number of hydrogen-bond donors (Lipinski definition) is 4. The van der Waals surface area contributed by atoms with Gasteiger partial charge in [-0.15, -0.1) is 0 Å². The Kier molecular flexibility index (Phi) is 28.5. The summed E-state index contributed by atoms with van der Waals surface area (Å²) in [6.07, 6.45) is 0. The van der Waals surface area contributed by atoms with Crippen LogP contribution in [0.25, 0.3) is 0 Å². The molecule has 0 aromatic carbocycles. The molecule has 0 aliphatic carbocycles. The van der Waals surface area contributed by atoms with E-state index in [0.717, 1.165) is 11.5 Å². The fraction of sp³-hybridized carbons (Fsp3) is 1.00. The number of rotatable bonds is 1. The zero-order valence-corrected chi connectivity index (χ0v) is 5.25. The van der Waals surface area contributed by atoms with Crippen molar-refractivity contribution in [2.75, 3.05) is 11.5 Å². The van der Waals surface area contributed by atoms with Gasteiger partial charge in [0.15, 0.2) is 0 Å². The molecule has 4 heteroatoms. The predicted octanol–water partition coefficient (Wildman–Crippen LogP) is -0.335. The highest BCUT2D eigenvalue weighted by atomic mass is 32.1. The minimum atomic E-state index is 0.878. The molecule has 0 fully saturated rings. The lowest BCUT2D eigenvalue weighted by atomic mass is 11.0. The van der Waals surface area contributed by atoms with Gasteiger partial charge in [0.1, 0.15) is 0 Å². The average Bonchev–Trinajstić information content (AvgIpc) is 1.72. The molecule has 0 aromatic heterocycles. The number of hydrogen-bond acceptors (Lipinski definition) is 4. The van der Waals surface area contributed by atoms with Crippen molar-refractivity contribution < 1.29 is 0 Å². The molecule has 0 spiro atoms. The third-order valence-electron chi connectivity index (χ3n) is 0.1000. The lowest BCUT2D eigenvalue weighted by molar-refractivity contribution is 1.26. The molecule has 0 aliphatic heterocycles. The molecule has 0 rings (SSSR count). The molecular formula is C2H10N2S2. The highest BCUT2D eigenvalue weighted by molar-refractivity contribution is 7.84. The summed E-state index contributed by atoms with van der Waals surface area (Å²) in [5, 5.41) is 0. The molecule has 0 heterocycles. The van der Waals surface area contributed by atoms with Gasteiger partial charge in [-0.05, 0) is 11.5 Å². The second kappa shape index (κ2) is 17.5. The van der Waals surface area contributed by atoms with E-state index in [4.69, 9.17) is 0 Å². The number of thiol groups is 2. The Bertz CT molecular complexity index is 11.5. The van der Waals surface area contributed by atoms with Gasteiger partial charge in [-0.2, -0.15) is 25.3 Å². The molecule has 4 N–H and O–H groups in total. The van der Waals surface area contributed by atoms with Gasteiger partial charge in [-0.25, -0.2) is 0 Å². The first kappa shape index (κ1) is 9.80. The summed E-state index contributed by atoms with van der Waals surface area (Å²) in [5.41, 5.74) is 0. The monoisotopic (exact) mass is 126 g/mol. The minimum Gasteiger partial charge on any atom is -0.274 e. The first-order valence-corrected chi connectivity index (χ1v) is 2.73. The van der Waals surface area contributed by atoms with Crippen LogP contribution in [0, 0.1) is 0 Å². The van der Waals surface area contributed by atoms with Crippen LogP contribution >= 0.6 is 25.3 Å². The van der Waals surface area contributed by atoms with E-state index in [-0.39, 0.29) is 0 Å². The second-order valence-corrected chi connectivity index (χ2v) is 1.34. The summed E-state index contributed by atoms with van der Waals surface area (Å²) in [5.74, 6) is 9.76. The van der Waals surface area contributed by atoms with Gasteiger partial charge in [0.05, 0.1) is 0 Å². The van der Waals surface area contributed by atoms with Crippen molar-refractivity contribution in [2.24, 2.45) is 11.7 Å². The van der Waals surface area contributed by atoms with E-state index >= 15 is 0 Å². The van der Waals surface area contributed by atoms with Gasteiger partial charge in [0.25, 0.3) is 0 Å². The molecule has 40 valence electrons. The van der Waals surface area contributed by atoms with Gasteiger partial charge in [-0.1, -0.05) is 0 Å². The van der Waals surface area contributed by atoms with Gasteiger partial charge >= 0.3 is 0 Å². The van der Waals surface area contributed by atoms with Crippen LogP contribution in [-0.4, -0.2) is 11.5 Å². The van der Waals surface area contributed by atoms with E-state index in [2.05, 4.69) is 36.9 Å². The molecule has 0 amide bonds. The number of hydrazine groups is 1. The van der Waals surface area contributed by atoms with Crippen molar-refractivity contribution in [3.8, 4) is 0 Å². The van der Waals surface area contributed by atoms with Crippen LogP contribution in [0.15, 0.2) is 0 Å². The van der Waals surface area contributed by atoms with E-state index in [1.165, 1.54) is 0 Å². The summed E-state index contributed by atoms with van der Waals surface area (Å²) in [7, 11) is 0. The Hall–Kier alpha value is 0.620. The summed E-state index contributed by atoms with van der Waals surface area (Å²) < 4.78 is 0. The van der Waals surface area contributed by atoms with Crippen molar-refractivity contribution in [2.45, 2.75) is 0 Å². The van der Waals surface area contributed by atoms with E-state index in [0.29, 0.717) is 0 Å². The van der Waals surface area contributed by atoms with Crippen LogP contribution in [0.3, 0.4) is 0 Å². The Labute approximate surface area is 49.1 Å². The Balaban J connectivity index is 0. The molecule has 0 atom stereocenters. The average molecular weight is 126 g/mol. The summed E-state index contributed by atoms with van der Waals surface area (Å²) in [6.45, 7) is 0. The quantitative estimate of drug-likeness (QED) is 0.221. The Morgan fingerprint density at radius 1 is 1.00 bits per heavy atom. The standard InChI is InChI=1S/C2H6S2.H4N2/c3-1-2-4;1-2/h3-4H,1-2H2;1-2H2. The van der Waals surface area contributed by atoms with Crippen LogP contribution in [0.2, 0.25) is 0 Å². The van der Waals surface area contributed by atoms with Gasteiger partial charge < -0.3 is 0 Å². The molecule has 6 heavy (non-hydrogen) atoms. The fourth-order valence-electron chi connectivity index (χ4n) is 0. The predicted molar refractivity (Wildman–Crippen MR) is 36.1 cm³/mol. The van der Waals surface area contributed by atoms with Gasteiger partial charge in [0.2, 0.25) is 0 Å². The molecule has 0 saturated heterocycles. The largest absolute Gasteiger partial charge is 0.274 e. The molecule has 0 aliphatic rings. The summed E-state index contributed by atoms with van der Waals surface area (Å²) in [4.78, 5) is 0. The maximum atomic E-state index is 4.00. The highest BCUT2D eigenvalue weighted by Crippen LogP contribution is 1.73. The highest BCUT2D eigenvalue weighted by Gasteiger charge is 1.57. The first-order valence-electron chi connectivity index (χ1n) is 1.47. The van der Waals surface area contributed by atoms with Crippen LogP contribution in [0.1, 0.15) is 0 Å². The van der Waals surface area contributed by atoms with Crippen molar-refractivity contribution in [1.82, 2.24) is 0 Å². The van der Waals surface area contributed by atoms with E-state index in [9.17, 15) is 0 Å². The molecule has 0 aromatic rings. The zero-order valence-electron chi connectivity index (χ0n) is 3.46. The topological polar surface area (TPSA) is 52.0 Å². The number of nitrogens with two attached hydrogens (primary N) is 2. The van der Waals surface area contributed by atoms with Crippen LogP contribution < -0.4 is 11.7 Å². The van der Waals surface area contributed by atoms with Crippen LogP contribution in [0.5, 0.6) is 0 Å². The smallest absolute Gasteiger partial charge is 0.000932 e. The van der Waals surface area contributed by atoms with E-state index in [1.807, 2.05) is 0 Å².